The molecule has 1 fully saturated rings. The monoisotopic (exact) mass is 444 g/mol. The van der Waals surface area contributed by atoms with Crippen molar-refractivity contribution >= 4 is 11.6 Å². The molecule has 1 aliphatic rings. The molecule has 3 aromatic rings. The highest BCUT2D eigenvalue weighted by Gasteiger charge is 2.13. The van der Waals surface area contributed by atoms with E-state index in [4.69, 9.17) is 16.3 Å². The molecule has 1 N–H and O–H groups in total. The Hall–Kier alpha value is -2.80. The van der Waals surface area contributed by atoms with Crippen LogP contribution in [0.3, 0.4) is 0 Å². The third-order valence-electron chi connectivity index (χ3n) is 5.90. The van der Waals surface area contributed by atoms with Gasteiger partial charge in [0.1, 0.15) is 18.1 Å². The van der Waals surface area contributed by atoms with Crippen molar-refractivity contribution in [2.24, 2.45) is 5.92 Å². The van der Waals surface area contributed by atoms with Crippen LogP contribution in [-0.2, 0) is 0 Å². The molecule has 0 saturated heterocycles. The number of pyridine rings is 1. The van der Waals surface area contributed by atoms with Gasteiger partial charge in [-0.25, -0.2) is 4.98 Å². The van der Waals surface area contributed by atoms with Gasteiger partial charge in [0, 0.05) is 28.9 Å². The number of ether oxygens (including phenoxy) is 1. The van der Waals surface area contributed by atoms with Gasteiger partial charge in [-0.3, -0.25) is 0 Å². The lowest BCUT2D eigenvalue weighted by atomic mass is 10.1. The maximum atomic E-state index is 5.96. The van der Waals surface area contributed by atoms with Crippen LogP contribution in [0.15, 0.2) is 60.8 Å². The van der Waals surface area contributed by atoms with E-state index in [1.807, 2.05) is 54.7 Å². The normalized spacial score (nSPS) is 13.6. The van der Waals surface area contributed by atoms with Gasteiger partial charge in [-0.15, -0.1) is 0 Å². The van der Waals surface area contributed by atoms with Crippen LogP contribution in [0.4, 0.5) is 0 Å². The Bertz CT molecular complexity index is 1080. The van der Waals surface area contributed by atoms with Gasteiger partial charge in [0.2, 0.25) is 0 Å². The van der Waals surface area contributed by atoms with Crippen molar-refractivity contribution in [3.8, 4) is 28.7 Å². The van der Waals surface area contributed by atoms with Gasteiger partial charge in [0.15, 0.2) is 0 Å². The molecule has 0 amide bonds. The average molecular weight is 445 g/mol. The minimum Gasteiger partial charge on any atom is -0.492 e. The summed E-state index contributed by atoms with van der Waals surface area (Å²) in [4.78, 5) is 4.48. The van der Waals surface area contributed by atoms with Crippen molar-refractivity contribution in [2.45, 2.75) is 32.6 Å². The third-order valence-corrected chi connectivity index (χ3v) is 6.15. The second kappa shape index (κ2) is 11.2. The van der Waals surface area contributed by atoms with Crippen LogP contribution in [0.5, 0.6) is 5.75 Å². The molecule has 0 unspecified atom stereocenters. The topological polar surface area (TPSA) is 34.1 Å². The first kappa shape index (κ1) is 22.4. The maximum absolute atomic E-state index is 5.96. The predicted octanol–water partition coefficient (Wildman–Crippen LogP) is 6.27. The lowest BCUT2D eigenvalue weighted by Crippen LogP contribution is -2.26. The van der Waals surface area contributed by atoms with E-state index in [1.54, 1.807) is 0 Å². The number of rotatable bonds is 7. The number of halogens is 1. The summed E-state index contributed by atoms with van der Waals surface area (Å²) in [6, 6.07) is 17.8. The summed E-state index contributed by atoms with van der Waals surface area (Å²) in [5.74, 6) is 8.13. The largest absolute Gasteiger partial charge is 0.492 e. The number of nitrogens with one attached hydrogen (secondary N) is 1. The summed E-state index contributed by atoms with van der Waals surface area (Å²) in [7, 11) is 0. The second-order valence-corrected chi connectivity index (χ2v) is 8.81. The molecule has 1 saturated carbocycles. The average Bonchev–Trinajstić information content (AvgIpc) is 3.33. The SMILES string of the molecule is Cc1cc(C#Cc2ccc(-c3ccc(Cl)cc3)cn2)ccc1OCCNCC1CCCC1. The Morgan fingerprint density at radius 2 is 1.78 bits per heavy atom. The van der Waals surface area contributed by atoms with Crippen LogP contribution in [0, 0.1) is 24.7 Å². The van der Waals surface area contributed by atoms with E-state index in [9.17, 15) is 0 Å². The van der Waals surface area contributed by atoms with E-state index in [1.165, 1.54) is 25.7 Å². The van der Waals surface area contributed by atoms with Crippen molar-refractivity contribution in [3.63, 3.8) is 0 Å². The van der Waals surface area contributed by atoms with Crippen molar-refractivity contribution < 1.29 is 4.74 Å². The van der Waals surface area contributed by atoms with Crippen LogP contribution in [-0.4, -0.2) is 24.7 Å². The number of aryl methyl sites for hydroxylation is 1. The molecule has 0 aliphatic heterocycles. The van der Waals surface area contributed by atoms with Gasteiger partial charge >= 0.3 is 0 Å². The first-order valence-electron chi connectivity index (χ1n) is 11.4. The zero-order chi connectivity index (χ0) is 22.2. The van der Waals surface area contributed by atoms with Gasteiger partial charge in [0.05, 0.1) is 0 Å². The standard InChI is InChI=1S/C28H29ClN2O/c1-21-18-22(7-15-28(21)32-17-16-30-19-23-4-2-3-5-23)6-13-27-14-10-25(20-31-27)24-8-11-26(29)12-9-24/h7-12,14-15,18,20,23,30H,2-5,16-17,19H2,1H3. The number of nitrogens with zero attached hydrogens (tertiary/aromatic N) is 1. The minimum absolute atomic E-state index is 0.683. The van der Waals surface area contributed by atoms with Gasteiger partial charge in [-0.05, 0) is 85.7 Å². The first-order valence-corrected chi connectivity index (χ1v) is 11.7. The molecule has 4 rings (SSSR count). The lowest BCUT2D eigenvalue weighted by Gasteiger charge is -2.12. The lowest BCUT2D eigenvalue weighted by molar-refractivity contribution is 0.307. The zero-order valence-electron chi connectivity index (χ0n) is 18.5. The first-order chi connectivity index (χ1) is 15.7. The highest BCUT2D eigenvalue weighted by Crippen LogP contribution is 2.24. The molecule has 1 aliphatic carbocycles. The molecule has 3 nitrogen and oxygen atoms in total. The number of hydrogen-bond donors (Lipinski definition) is 1. The molecule has 1 aromatic heterocycles. The molecule has 2 aromatic carbocycles. The molecular formula is C28H29ClN2O. The second-order valence-electron chi connectivity index (χ2n) is 8.37. The van der Waals surface area contributed by atoms with Crippen molar-refractivity contribution in [1.82, 2.24) is 10.3 Å². The summed E-state index contributed by atoms with van der Waals surface area (Å²) in [5.41, 5.74) is 4.93. The highest BCUT2D eigenvalue weighted by atomic mass is 35.5. The molecule has 0 spiro atoms. The smallest absolute Gasteiger partial charge is 0.122 e. The quantitative estimate of drug-likeness (QED) is 0.344. The van der Waals surface area contributed by atoms with Crippen molar-refractivity contribution in [1.29, 1.82) is 0 Å². The van der Waals surface area contributed by atoms with Gasteiger partial charge in [-0.2, -0.15) is 0 Å². The zero-order valence-corrected chi connectivity index (χ0v) is 19.3. The van der Waals surface area contributed by atoms with E-state index < -0.39 is 0 Å². The van der Waals surface area contributed by atoms with Crippen molar-refractivity contribution in [3.05, 3.63) is 82.6 Å². The summed E-state index contributed by atoms with van der Waals surface area (Å²) in [6.45, 7) is 4.74. The fourth-order valence-electron chi connectivity index (χ4n) is 4.06. The van der Waals surface area contributed by atoms with Crippen LogP contribution < -0.4 is 10.1 Å². The molecule has 4 heteroatoms. The molecule has 164 valence electrons. The van der Waals surface area contributed by atoms with E-state index in [2.05, 4.69) is 35.1 Å². The number of hydrogen-bond acceptors (Lipinski definition) is 3. The van der Waals surface area contributed by atoms with E-state index in [0.29, 0.717) is 6.61 Å². The van der Waals surface area contributed by atoms with Crippen LogP contribution in [0.1, 0.15) is 42.5 Å². The van der Waals surface area contributed by atoms with Gasteiger partial charge < -0.3 is 10.1 Å². The Labute approximate surface area is 196 Å². The van der Waals surface area contributed by atoms with E-state index >= 15 is 0 Å². The molecule has 1 heterocycles. The maximum Gasteiger partial charge on any atom is 0.122 e. The van der Waals surface area contributed by atoms with E-state index in [0.717, 1.165) is 57.7 Å². The Kier molecular flexibility index (Phi) is 7.82. The molecule has 0 bridgehead atoms. The fraction of sp³-hybridized carbons (Fsp3) is 0.321. The molecular weight excluding hydrogens is 416 g/mol. The van der Waals surface area contributed by atoms with Crippen LogP contribution in [0.2, 0.25) is 5.02 Å². The summed E-state index contributed by atoms with van der Waals surface area (Å²) >= 11 is 5.96. The predicted molar refractivity (Wildman–Crippen MR) is 132 cm³/mol. The number of aromatic nitrogens is 1. The molecule has 0 atom stereocenters. The van der Waals surface area contributed by atoms with Gasteiger partial charge in [0.25, 0.3) is 0 Å². The number of benzene rings is 2. The summed E-state index contributed by atoms with van der Waals surface area (Å²) in [6.07, 6.45) is 7.37. The minimum atomic E-state index is 0.683. The van der Waals surface area contributed by atoms with Crippen LogP contribution >= 0.6 is 11.6 Å². The molecule has 32 heavy (non-hydrogen) atoms. The van der Waals surface area contributed by atoms with Crippen LogP contribution in [0.25, 0.3) is 11.1 Å². The summed E-state index contributed by atoms with van der Waals surface area (Å²) in [5, 5.41) is 4.25. The fourth-order valence-corrected chi connectivity index (χ4v) is 4.19. The third kappa shape index (κ3) is 6.36. The summed E-state index contributed by atoms with van der Waals surface area (Å²) < 4.78 is 5.95. The highest BCUT2D eigenvalue weighted by molar-refractivity contribution is 6.30. The van der Waals surface area contributed by atoms with E-state index in [-0.39, 0.29) is 0 Å². The molecule has 0 radical (unpaired) electrons. The Balaban J connectivity index is 1.29. The van der Waals surface area contributed by atoms with Crippen molar-refractivity contribution in [2.75, 3.05) is 19.7 Å². The van der Waals surface area contributed by atoms with Gasteiger partial charge in [-0.1, -0.05) is 48.6 Å². The Morgan fingerprint density at radius 3 is 2.50 bits per heavy atom. The Morgan fingerprint density at radius 1 is 1.00 bits per heavy atom.